The molecule has 1 unspecified atom stereocenters. The van der Waals surface area contributed by atoms with E-state index in [4.69, 9.17) is 4.74 Å². The molecule has 2 aromatic carbocycles. The quantitative estimate of drug-likeness (QED) is 0.743. The van der Waals surface area contributed by atoms with Crippen LogP contribution in [0.1, 0.15) is 48.8 Å². The lowest BCUT2D eigenvalue weighted by atomic mass is 10.0. The van der Waals surface area contributed by atoms with E-state index in [0.717, 1.165) is 11.3 Å². The molecule has 2 N–H and O–H groups in total. The van der Waals surface area contributed by atoms with Crippen molar-refractivity contribution >= 4 is 29.3 Å². The number of hydrogen-bond donors (Lipinski definition) is 2. The average Bonchev–Trinajstić information content (AvgIpc) is 3.07. The van der Waals surface area contributed by atoms with E-state index in [1.807, 2.05) is 53.4 Å². The molecule has 0 aromatic heterocycles. The minimum Gasteiger partial charge on any atom is -0.450 e. The summed E-state index contributed by atoms with van der Waals surface area (Å²) in [5.74, 6) is -0.121. The van der Waals surface area contributed by atoms with Crippen LogP contribution in [0.25, 0.3) is 0 Å². The Morgan fingerprint density at radius 1 is 1.03 bits per heavy atom. The molecule has 1 fully saturated rings. The van der Waals surface area contributed by atoms with Gasteiger partial charge in [0.15, 0.2) is 0 Å². The van der Waals surface area contributed by atoms with E-state index >= 15 is 0 Å². The number of amides is 3. The van der Waals surface area contributed by atoms with Crippen LogP contribution >= 0.6 is 0 Å². The fourth-order valence-electron chi connectivity index (χ4n) is 4.41. The molecule has 4 rings (SSSR count). The Balaban J connectivity index is 1.53. The van der Waals surface area contributed by atoms with Crippen LogP contribution in [0, 0.1) is 0 Å². The molecule has 3 amide bonds. The molecule has 168 valence electrons. The molecule has 8 nitrogen and oxygen atoms in total. The molecule has 0 aliphatic carbocycles. The highest BCUT2D eigenvalue weighted by Crippen LogP contribution is 2.38. The van der Waals surface area contributed by atoms with E-state index in [1.165, 1.54) is 6.92 Å². The Labute approximate surface area is 187 Å². The van der Waals surface area contributed by atoms with Crippen LogP contribution in [-0.4, -0.2) is 53.4 Å². The van der Waals surface area contributed by atoms with E-state index in [-0.39, 0.29) is 30.1 Å². The van der Waals surface area contributed by atoms with Gasteiger partial charge < -0.3 is 25.2 Å². The second-order valence-corrected chi connectivity index (χ2v) is 8.02. The van der Waals surface area contributed by atoms with E-state index in [0.29, 0.717) is 43.8 Å². The molecule has 0 saturated carbocycles. The number of ether oxygens (including phenoxy) is 1. The second kappa shape index (κ2) is 9.30. The van der Waals surface area contributed by atoms with Crippen molar-refractivity contribution in [2.45, 2.75) is 38.9 Å². The van der Waals surface area contributed by atoms with E-state index in [9.17, 15) is 14.4 Å². The number of carbonyl (C=O) groups is 3. The zero-order valence-electron chi connectivity index (χ0n) is 18.3. The molecule has 8 heteroatoms. The Kier molecular flexibility index (Phi) is 6.30. The molecule has 0 radical (unpaired) electrons. The smallest absolute Gasteiger partial charge is 0.409 e. The maximum Gasteiger partial charge on any atom is 0.409 e. The second-order valence-electron chi connectivity index (χ2n) is 8.02. The number of nitrogens with one attached hydrogen (secondary N) is 2. The van der Waals surface area contributed by atoms with Crippen molar-refractivity contribution in [3.05, 3.63) is 59.7 Å². The normalized spacial score (nSPS) is 18.3. The minimum atomic E-state index is -0.301. The molecule has 2 aromatic rings. The van der Waals surface area contributed by atoms with Crippen molar-refractivity contribution < 1.29 is 19.1 Å². The number of benzene rings is 2. The summed E-state index contributed by atoms with van der Waals surface area (Å²) < 4.78 is 5.12. The lowest BCUT2D eigenvalue weighted by Gasteiger charge is -2.39. The van der Waals surface area contributed by atoms with Gasteiger partial charge in [0.05, 0.1) is 6.61 Å². The fraction of sp³-hybridized carbons (Fsp3) is 0.375. The van der Waals surface area contributed by atoms with Gasteiger partial charge in [0, 0.05) is 48.6 Å². The number of piperidine rings is 1. The van der Waals surface area contributed by atoms with Gasteiger partial charge in [0.25, 0.3) is 5.91 Å². The third-order valence-electron chi connectivity index (χ3n) is 5.89. The summed E-state index contributed by atoms with van der Waals surface area (Å²) >= 11 is 0. The maximum atomic E-state index is 13.3. The lowest BCUT2D eigenvalue weighted by Crippen LogP contribution is -2.49. The van der Waals surface area contributed by atoms with Crippen molar-refractivity contribution in [1.29, 1.82) is 0 Å². The molecule has 2 aliphatic heterocycles. The van der Waals surface area contributed by atoms with Crippen LogP contribution in [0.2, 0.25) is 0 Å². The Bertz CT molecular complexity index is 999. The molecule has 2 aliphatic rings. The van der Waals surface area contributed by atoms with Gasteiger partial charge >= 0.3 is 6.09 Å². The number of anilines is 2. The number of fused-ring (bicyclic) bond motifs is 1. The molecule has 32 heavy (non-hydrogen) atoms. The SMILES string of the molecule is CCOC(=O)N1CCC(N2C(=O)c3ccccc3C2Nc2ccc(NC(C)=O)cc2)CC1. The highest BCUT2D eigenvalue weighted by Gasteiger charge is 2.42. The molecular weight excluding hydrogens is 408 g/mol. The van der Waals surface area contributed by atoms with Crippen LogP contribution in [0.3, 0.4) is 0 Å². The Morgan fingerprint density at radius 2 is 1.69 bits per heavy atom. The molecule has 0 spiro atoms. The summed E-state index contributed by atoms with van der Waals surface area (Å²) in [5, 5.41) is 6.25. The van der Waals surface area contributed by atoms with Crippen molar-refractivity contribution in [3.63, 3.8) is 0 Å². The molecule has 1 saturated heterocycles. The van der Waals surface area contributed by atoms with E-state index < -0.39 is 0 Å². The van der Waals surface area contributed by atoms with Gasteiger partial charge in [0.2, 0.25) is 5.91 Å². The van der Waals surface area contributed by atoms with Crippen LogP contribution in [-0.2, 0) is 9.53 Å². The summed E-state index contributed by atoms with van der Waals surface area (Å²) in [6, 6.07) is 15.1. The standard InChI is InChI=1S/C24H28N4O4/c1-3-32-24(31)27-14-12-19(13-15-27)28-22(20-6-4-5-7-21(20)23(28)30)26-18-10-8-17(9-11-18)25-16(2)29/h4-11,19,22,26H,3,12-15H2,1-2H3,(H,25,29). The van der Waals surface area contributed by atoms with Crippen LogP contribution in [0.5, 0.6) is 0 Å². The number of carbonyl (C=O) groups excluding carboxylic acids is 3. The first kappa shape index (κ1) is 21.7. The number of hydrogen-bond acceptors (Lipinski definition) is 5. The number of rotatable bonds is 5. The lowest BCUT2D eigenvalue weighted by molar-refractivity contribution is -0.114. The maximum absolute atomic E-state index is 13.3. The zero-order valence-corrected chi connectivity index (χ0v) is 18.3. The topological polar surface area (TPSA) is 91.0 Å². The summed E-state index contributed by atoms with van der Waals surface area (Å²) in [5.41, 5.74) is 3.21. The zero-order chi connectivity index (χ0) is 22.7. The Morgan fingerprint density at radius 3 is 2.34 bits per heavy atom. The number of likely N-dealkylation sites (tertiary alicyclic amines) is 1. The highest BCUT2D eigenvalue weighted by atomic mass is 16.6. The van der Waals surface area contributed by atoms with Crippen molar-refractivity contribution in [1.82, 2.24) is 9.80 Å². The number of nitrogens with zero attached hydrogens (tertiary/aromatic N) is 2. The third kappa shape index (κ3) is 4.39. The van der Waals surface area contributed by atoms with Gasteiger partial charge in [-0.05, 0) is 50.1 Å². The van der Waals surface area contributed by atoms with Crippen molar-refractivity contribution in [2.75, 3.05) is 30.3 Å². The summed E-state index contributed by atoms with van der Waals surface area (Å²) in [7, 11) is 0. The van der Waals surface area contributed by atoms with Gasteiger partial charge in [-0.15, -0.1) is 0 Å². The molecule has 2 heterocycles. The van der Waals surface area contributed by atoms with Crippen LogP contribution in [0.4, 0.5) is 16.2 Å². The highest BCUT2D eigenvalue weighted by molar-refractivity contribution is 5.99. The predicted molar refractivity (Wildman–Crippen MR) is 121 cm³/mol. The van der Waals surface area contributed by atoms with Gasteiger partial charge in [-0.2, -0.15) is 0 Å². The summed E-state index contributed by atoms with van der Waals surface area (Å²) in [6.45, 7) is 4.73. The van der Waals surface area contributed by atoms with Crippen LogP contribution < -0.4 is 10.6 Å². The van der Waals surface area contributed by atoms with Gasteiger partial charge in [-0.3, -0.25) is 9.59 Å². The summed E-state index contributed by atoms with van der Waals surface area (Å²) in [4.78, 5) is 40.3. The summed E-state index contributed by atoms with van der Waals surface area (Å²) in [6.07, 6.45) is 0.788. The van der Waals surface area contributed by atoms with E-state index in [2.05, 4.69) is 10.6 Å². The first-order valence-electron chi connectivity index (χ1n) is 11.0. The largest absolute Gasteiger partial charge is 0.450 e. The minimum absolute atomic E-state index is 0.00236. The fourth-order valence-corrected chi connectivity index (χ4v) is 4.41. The van der Waals surface area contributed by atoms with Crippen LogP contribution in [0.15, 0.2) is 48.5 Å². The molecule has 0 bridgehead atoms. The average molecular weight is 437 g/mol. The van der Waals surface area contributed by atoms with E-state index in [1.54, 1.807) is 11.8 Å². The van der Waals surface area contributed by atoms with Crippen molar-refractivity contribution in [2.24, 2.45) is 0 Å². The van der Waals surface area contributed by atoms with Gasteiger partial charge in [-0.1, -0.05) is 18.2 Å². The third-order valence-corrected chi connectivity index (χ3v) is 5.89. The first-order chi connectivity index (χ1) is 15.5. The predicted octanol–water partition coefficient (Wildman–Crippen LogP) is 3.83. The Hall–Kier alpha value is -3.55. The van der Waals surface area contributed by atoms with Gasteiger partial charge in [0.1, 0.15) is 6.17 Å². The molecule has 1 atom stereocenters. The van der Waals surface area contributed by atoms with Crippen molar-refractivity contribution in [3.8, 4) is 0 Å². The molecular formula is C24H28N4O4. The monoisotopic (exact) mass is 436 g/mol. The first-order valence-corrected chi connectivity index (χ1v) is 11.0. The van der Waals surface area contributed by atoms with Gasteiger partial charge in [-0.25, -0.2) is 4.79 Å².